The monoisotopic (exact) mass is 264 g/mol. The quantitative estimate of drug-likeness (QED) is 0.826. The predicted molar refractivity (Wildman–Crippen MR) is 74.5 cm³/mol. The molecular weight excluding hydrogens is 251 g/mol. The zero-order chi connectivity index (χ0) is 13.0. The van der Waals surface area contributed by atoms with Crippen molar-refractivity contribution in [1.29, 1.82) is 0 Å². The van der Waals surface area contributed by atoms with Gasteiger partial charge in [-0.1, -0.05) is 23.7 Å². The molecule has 0 saturated heterocycles. The van der Waals surface area contributed by atoms with Crippen molar-refractivity contribution in [2.75, 3.05) is 17.6 Å². The molecular formula is C14H14ClFN2. The molecule has 0 atom stereocenters. The molecule has 0 heterocycles. The van der Waals surface area contributed by atoms with Gasteiger partial charge in [0.25, 0.3) is 0 Å². The minimum absolute atomic E-state index is 0.332. The van der Waals surface area contributed by atoms with Crippen LogP contribution in [0.3, 0.4) is 0 Å². The maximum Gasteiger partial charge on any atom is 0.148 e. The van der Waals surface area contributed by atoms with Crippen LogP contribution in [0.25, 0.3) is 0 Å². The molecule has 0 amide bonds. The zero-order valence-electron chi connectivity index (χ0n) is 9.79. The van der Waals surface area contributed by atoms with Crippen molar-refractivity contribution in [3.8, 4) is 0 Å². The summed E-state index contributed by atoms with van der Waals surface area (Å²) in [5.74, 6) is -0.332. The van der Waals surface area contributed by atoms with E-state index in [2.05, 4.69) is 5.32 Å². The van der Waals surface area contributed by atoms with E-state index in [1.165, 1.54) is 6.07 Å². The fourth-order valence-corrected chi connectivity index (χ4v) is 1.92. The number of hydrogen-bond acceptors (Lipinski definition) is 2. The molecule has 2 rings (SSSR count). The largest absolute Gasteiger partial charge is 0.399 e. The van der Waals surface area contributed by atoms with Crippen LogP contribution >= 0.6 is 11.6 Å². The minimum Gasteiger partial charge on any atom is -0.399 e. The van der Waals surface area contributed by atoms with Gasteiger partial charge in [0, 0.05) is 17.3 Å². The van der Waals surface area contributed by atoms with Crippen molar-refractivity contribution in [3.05, 3.63) is 58.9 Å². The molecule has 94 valence electrons. The van der Waals surface area contributed by atoms with Gasteiger partial charge in [-0.05, 0) is 42.3 Å². The Hall–Kier alpha value is -1.74. The van der Waals surface area contributed by atoms with Crippen LogP contribution in [0.1, 0.15) is 5.56 Å². The predicted octanol–water partition coefficient (Wildman–Crippen LogP) is 3.72. The summed E-state index contributed by atoms with van der Waals surface area (Å²) in [6, 6.07) is 12.3. The van der Waals surface area contributed by atoms with Crippen molar-refractivity contribution in [1.82, 2.24) is 0 Å². The lowest BCUT2D eigenvalue weighted by atomic mass is 10.1. The minimum atomic E-state index is -0.332. The summed E-state index contributed by atoms with van der Waals surface area (Å²) in [5.41, 5.74) is 7.49. The molecule has 0 aliphatic rings. The standard InChI is InChI=1S/C14H14ClFN2/c15-11-3-1-2-10(8-11)6-7-18-14-5-4-12(17)9-13(14)16/h1-5,8-9,18H,6-7,17H2. The highest BCUT2D eigenvalue weighted by atomic mass is 35.5. The van der Waals surface area contributed by atoms with E-state index in [9.17, 15) is 4.39 Å². The molecule has 2 aromatic carbocycles. The van der Waals surface area contributed by atoms with Gasteiger partial charge >= 0.3 is 0 Å². The fraction of sp³-hybridized carbons (Fsp3) is 0.143. The smallest absolute Gasteiger partial charge is 0.148 e. The molecule has 0 aliphatic carbocycles. The van der Waals surface area contributed by atoms with Gasteiger partial charge in [-0.3, -0.25) is 0 Å². The first-order valence-electron chi connectivity index (χ1n) is 5.68. The third kappa shape index (κ3) is 3.37. The third-order valence-corrected chi connectivity index (χ3v) is 2.85. The second-order valence-electron chi connectivity index (χ2n) is 4.05. The number of nitrogens with one attached hydrogen (secondary N) is 1. The Morgan fingerprint density at radius 1 is 1.17 bits per heavy atom. The first-order chi connectivity index (χ1) is 8.65. The molecule has 0 aromatic heterocycles. The van der Waals surface area contributed by atoms with Crippen LogP contribution in [0.5, 0.6) is 0 Å². The molecule has 18 heavy (non-hydrogen) atoms. The molecule has 2 nitrogen and oxygen atoms in total. The summed E-state index contributed by atoms with van der Waals surface area (Å²) < 4.78 is 13.5. The molecule has 0 saturated carbocycles. The zero-order valence-corrected chi connectivity index (χ0v) is 10.5. The normalized spacial score (nSPS) is 10.3. The summed E-state index contributed by atoms with van der Waals surface area (Å²) in [7, 11) is 0. The fourth-order valence-electron chi connectivity index (χ4n) is 1.71. The molecule has 0 spiro atoms. The van der Waals surface area contributed by atoms with Gasteiger partial charge in [-0.25, -0.2) is 4.39 Å². The maximum atomic E-state index is 13.5. The van der Waals surface area contributed by atoms with E-state index in [-0.39, 0.29) is 5.82 Å². The number of nitrogens with two attached hydrogens (primary N) is 1. The van der Waals surface area contributed by atoms with Crippen LogP contribution in [0, 0.1) is 5.82 Å². The topological polar surface area (TPSA) is 38.0 Å². The number of anilines is 2. The van der Waals surface area contributed by atoms with Crippen molar-refractivity contribution in [2.24, 2.45) is 0 Å². The van der Waals surface area contributed by atoms with E-state index >= 15 is 0 Å². The van der Waals surface area contributed by atoms with Crippen LogP contribution in [-0.4, -0.2) is 6.54 Å². The maximum absolute atomic E-state index is 13.5. The average Bonchev–Trinajstić information content (AvgIpc) is 2.32. The number of rotatable bonds is 4. The molecule has 0 bridgehead atoms. The van der Waals surface area contributed by atoms with E-state index < -0.39 is 0 Å². The van der Waals surface area contributed by atoms with E-state index in [4.69, 9.17) is 17.3 Å². The summed E-state index contributed by atoms with van der Waals surface area (Å²) in [6.07, 6.45) is 0.782. The van der Waals surface area contributed by atoms with E-state index in [1.807, 2.05) is 24.3 Å². The van der Waals surface area contributed by atoms with E-state index in [0.717, 1.165) is 12.0 Å². The number of hydrogen-bond donors (Lipinski definition) is 2. The Kier molecular flexibility index (Phi) is 4.05. The Balaban J connectivity index is 1.92. The van der Waals surface area contributed by atoms with E-state index in [0.29, 0.717) is 22.9 Å². The SMILES string of the molecule is Nc1ccc(NCCc2cccc(Cl)c2)c(F)c1. The van der Waals surface area contributed by atoms with Crippen LogP contribution in [0.2, 0.25) is 5.02 Å². The third-order valence-electron chi connectivity index (χ3n) is 2.61. The van der Waals surface area contributed by atoms with Gasteiger partial charge in [0.15, 0.2) is 0 Å². The van der Waals surface area contributed by atoms with Crippen molar-refractivity contribution in [2.45, 2.75) is 6.42 Å². The second-order valence-corrected chi connectivity index (χ2v) is 4.48. The van der Waals surface area contributed by atoms with Gasteiger partial charge in [0.05, 0.1) is 5.69 Å². The highest BCUT2D eigenvalue weighted by Gasteiger charge is 2.01. The molecule has 3 N–H and O–H groups in total. The summed E-state index contributed by atoms with van der Waals surface area (Å²) in [5, 5.41) is 3.75. The molecule has 0 aliphatic heterocycles. The van der Waals surface area contributed by atoms with Gasteiger partial charge in [0.1, 0.15) is 5.82 Å². The van der Waals surface area contributed by atoms with Gasteiger partial charge in [-0.2, -0.15) is 0 Å². The first-order valence-corrected chi connectivity index (χ1v) is 6.06. The highest BCUT2D eigenvalue weighted by molar-refractivity contribution is 6.30. The highest BCUT2D eigenvalue weighted by Crippen LogP contribution is 2.17. The first kappa shape index (κ1) is 12.7. The lowest BCUT2D eigenvalue weighted by Crippen LogP contribution is -2.06. The lowest BCUT2D eigenvalue weighted by molar-refractivity contribution is 0.631. The molecule has 0 unspecified atom stereocenters. The van der Waals surface area contributed by atoms with Gasteiger partial charge < -0.3 is 11.1 Å². The number of benzene rings is 2. The Labute approximate surface area is 111 Å². The van der Waals surface area contributed by atoms with Gasteiger partial charge in [-0.15, -0.1) is 0 Å². The van der Waals surface area contributed by atoms with Crippen molar-refractivity contribution >= 4 is 23.0 Å². The summed E-state index contributed by atoms with van der Waals surface area (Å²) >= 11 is 5.89. The van der Waals surface area contributed by atoms with Crippen molar-refractivity contribution < 1.29 is 4.39 Å². The number of nitrogen functional groups attached to an aromatic ring is 1. The summed E-state index contributed by atoms with van der Waals surface area (Å²) in [4.78, 5) is 0. The Morgan fingerprint density at radius 2 is 2.00 bits per heavy atom. The van der Waals surface area contributed by atoms with Crippen LogP contribution in [-0.2, 0) is 6.42 Å². The van der Waals surface area contributed by atoms with Crippen LogP contribution in [0.4, 0.5) is 15.8 Å². The van der Waals surface area contributed by atoms with E-state index in [1.54, 1.807) is 12.1 Å². The lowest BCUT2D eigenvalue weighted by Gasteiger charge is -2.08. The molecule has 2 aromatic rings. The molecule has 4 heteroatoms. The van der Waals surface area contributed by atoms with Crippen LogP contribution in [0.15, 0.2) is 42.5 Å². The van der Waals surface area contributed by atoms with Crippen molar-refractivity contribution in [3.63, 3.8) is 0 Å². The summed E-state index contributed by atoms with van der Waals surface area (Å²) in [6.45, 7) is 0.640. The molecule has 0 fully saturated rings. The van der Waals surface area contributed by atoms with Gasteiger partial charge in [0.2, 0.25) is 0 Å². The van der Waals surface area contributed by atoms with Crippen LogP contribution < -0.4 is 11.1 Å². The number of halogens is 2. The molecule has 0 radical (unpaired) electrons. The average molecular weight is 265 g/mol. The Morgan fingerprint density at radius 3 is 2.72 bits per heavy atom. The second kappa shape index (κ2) is 5.74. The Bertz CT molecular complexity index is 543.